The van der Waals surface area contributed by atoms with Crippen LogP contribution in [0.4, 0.5) is 4.79 Å². The van der Waals surface area contributed by atoms with Gasteiger partial charge in [-0.3, -0.25) is 19.7 Å². The Bertz CT molecular complexity index is 1370. The summed E-state index contributed by atoms with van der Waals surface area (Å²) in [6.45, 7) is 16.6. The van der Waals surface area contributed by atoms with Crippen molar-refractivity contribution in [3.05, 3.63) is 11.6 Å². The van der Waals surface area contributed by atoms with Gasteiger partial charge in [0.05, 0.1) is 17.5 Å². The van der Waals surface area contributed by atoms with Crippen LogP contribution in [-0.2, 0) is 19.2 Å². The van der Waals surface area contributed by atoms with E-state index in [-0.39, 0.29) is 39.4 Å². The Hall–Kier alpha value is -2.16. The molecule has 0 radical (unpaired) electrons. The third-order valence-electron chi connectivity index (χ3n) is 14.2. The van der Waals surface area contributed by atoms with Gasteiger partial charge in [0.1, 0.15) is 5.25 Å². The molecule has 6 aliphatic rings. The highest BCUT2D eigenvalue weighted by atomic mass is 32.2. The lowest BCUT2D eigenvalue weighted by atomic mass is 9.33. The van der Waals surface area contributed by atoms with Gasteiger partial charge in [-0.2, -0.15) is 0 Å². The second-order valence-corrected chi connectivity index (χ2v) is 18.2. The lowest BCUT2D eigenvalue weighted by Crippen LogP contribution is -2.64. The molecule has 0 aromatic heterocycles. The molecular formula is C35H50N2O6S. The van der Waals surface area contributed by atoms with Crippen LogP contribution in [0.3, 0.4) is 0 Å². The average molecular weight is 627 g/mol. The average Bonchev–Trinajstić information content (AvgIpc) is 3.23. The Kier molecular flexibility index (Phi) is 7.35. The van der Waals surface area contributed by atoms with Gasteiger partial charge in [0.25, 0.3) is 5.24 Å². The normalized spacial score (nSPS) is 44.8. The highest BCUT2D eigenvalue weighted by Crippen LogP contribution is 2.75. The Labute approximate surface area is 265 Å². The van der Waals surface area contributed by atoms with Crippen molar-refractivity contribution in [2.24, 2.45) is 55.4 Å². The van der Waals surface area contributed by atoms with Crippen molar-refractivity contribution in [2.45, 2.75) is 124 Å². The van der Waals surface area contributed by atoms with Crippen LogP contribution in [0.5, 0.6) is 0 Å². The first-order chi connectivity index (χ1) is 20.4. The molecule has 5 aliphatic carbocycles. The van der Waals surface area contributed by atoms with Gasteiger partial charge < -0.3 is 9.94 Å². The molecule has 1 saturated heterocycles. The second kappa shape index (κ2) is 10.2. The summed E-state index contributed by atoms with van der Waals surface area (Å²) >= 11 is 0.820. The summed E-state index contributed by atoms with van der Waals surface area (Å²) in [5.74, 6) is -0.713. The van der Waals surface area contributed by atoms with Crippen molar-refractivity contribution >= 4 is 40.6 Å². The molecule has 4 saturated carbocycles. The second-order valence-electron chi connectivity index (χ2n) is 17.0. The van der Waals surface area contributed by atoms with Crippen molar-refractivity contribution in [3.8, 4) is 0 Å². The van der Waals surface area contributed by atoms with Gasteiger partial charge in [-0.1, -0.05) is 77.0 Å². The van der Waals surface area contributed by atoms with E-state index in [9.17, 15) is 24.3 Å². The smallest absolute Gasteiger partial charge is 0.336 e. The third kappa shape index (κ3) is 4.48. The fourth-order valence-corrected chi connectivity index (χ4v) is 12.2. The third-order valence-corrected chi connectivity index (χ3v) is 15.2. The fraction of sp³-hybridized carbons (Fsp3) is 0.800. The fourth-order valence-electron chi connectivity index (χ4n) is 11.4. The molecule has 2 amide bonds. The Morgan fingerprint density at radius 2 is 1.70 bits per heavy atom. The van der Waals surface area contributed by atoms with Crippen LogP contribution in [0.1, 0.15) is 119 Å². The molecule has 8 atom stereocenters. The summed E-state index contributed by atoms with van der Waals surface area (Å²) < 4.78 is 0. The number of imide groups is 1. The molecule has 1 heterocycles. The Morgan fingerprint density at radius 1 is 1.00 bits per heavy atom. The highest BCUT2D eigenvalue weighted by Gasteiger charge is 2.69. The summed E-state index contributed by atoms with van der Waals surface area (Å²) in [5, 5.41) is 16.0. The molecule has 242 valence electrons. The lowest BCUT2D eigenvalue weighted by molar-refractivity contribution is -0.179. The van der Waals surface area contributed by atoms with Gasteiger partial charge in [0.2, 0.25) is 5.91 Å². The highest BCUT2D eigenvalue weighted by molar-refractivity contribution is 8.15. The van der Waals surface area contributed by atoms with Crippen LogP contribution < -0.4 is 5.32 Å². The molecule has 44 heavy (non-hydrogen) atoms. The molecule has 0 unspecified atom stereocenters. The van der Waals surface area contributed by atoms with E-state index in [0.29, 0.717) is 11.8 Å². The molecule has 8 nitrogen and oxygen atoms in total. The number of nitrogens with one attached hydrogen (secondary N) is 1. The predicted molar refractivity (Wildman–Crippen MR) is 170 cm³/mol. The standard InChI is InChI=1S/C35H50N2O6S/c1-30(2)14-16-35(28(40)41)17-15-33(6)20(21(35)19-30)8-9-24-32(5)12-11-25(31(3,4)23(32)10-13-34(24,33)7)37-43-26(38)18-22-27(39)36-29(42)44-22/h8,21-24H,9-19H2,1-7H3,(H,40,41)(H,36,39,42)/b37-25-/t21-,22+,23-,24-,32+,33-,34-,35+/m1/s1. The summed E-state index contributed by atoms with van der Waals surface area (Å²) in [6.07, 6.45) is 11.5. The van der Waals surface area contributed by atoms with Gasteiger partial charge in [-0.15, -0.1) is 0 Å². The van der Waals surface area contributed by atoms with Crippen LogP contribution in [0.2, 0.25) is 0 Å². The monoisotopic (exact) mass is 626 g/mol. The summed E-state index contributed by atoms with van der Waals surface area (Å²) in [5.41, 5.74) is 1.70. The minimum atomic E-state index is -0.764. The molecule has 0 aromatic carbocycles. The van der Waals surface area contributed by atoms with Crippen LogP contribution in [0.15, 0.2) is 16.8 Å². The van der Waals surface area contributed by atoms with E-state index in [2.05, 4.69) is 65.0 Å². The number of hydrogen-bond acceptors (Lipinski definition) is 7. The largest absolute Gasteiger partial charge is 0.481 e. The number of rotatable bonds is 4. The predicted octanol–water partition coefficient (Wildman–Crippen LogP) is 7.51. The molecule has 2 N–H and O–H groups in total. The maximum absolute atomic E-state index is 12.9. The number of hydrogen-bond donors (Lipinski definition) is 2. The Balaban J connectivity index is 1.26. The maximum atomic E-state index is 12.9. The maximum Gasteiger partial charge on any atom is 0.336 e. The van der Waals surface area contributed by atoms with E-state index < -0.39 is 33.7 Å². The first kappa shape index (κ1) is 31.8. The van der Waals surface area contributed by atoms with E-state index in [1.54, 1.807) is 0 Å². The van der Waals surface area contributed by atoms with Crippen LogP contribution in [0, 0.1) is 50.2 Å². The number of carboxylic acid groups (broad SMARTS) is 1. The minimum absolute atomic E-state index is 0.0269. The van der Waals surface area contributed by atoms with Gasteiger partial charge in [0.15, 0.2) is 0 Å². The van der Waals surface area contributed by atoms with Crippen molar-refractivity contribution < 1.29 is 29.1 Å². The van der Waals surface area contributed by atoms with Crippen LogP contribution in [0.25, 0.3) is 0 Å². The number of aliphatic carboxylic acids is 1. The number of amides is 2. The SMILES string of the molecule is CC1(C)CC[C@]2(C(=O)O)CC[C@]3(C)C(=CC[C@@H]4[C@@]5(C)CC/C(=N/OC(=O)C[C@@H]6SC(=O)NC6=O)C(C)(C)[C@H]5CC[C@]43C)[C@H]2C1. The zero-order valence-corrected chi connectivity index (χ0v) is 28.3. The van der Waals surface area contributed by atoms with Gasteiger partial charge >= 0.3 is 11.9 Å². The molecule has 6 rings (SSSR count). The quantitative estimate of drug-likeness (QED) is 0.188. The number of carboxylic acids is 1. The van der Waals surface area contributed by atoms with Crippen LogP contribution >= 0.6 is 11.8 Å². The van der Waals surface area contributed by atoms with Gasteiger partial charge in [0, 0.05) is 5.41 Å². The van der Waals surface area contributed by atoms with E-state index in [4.69, 9.17) is 4.84 Å². The topological polar surface area (TPSA) is 122 Å². The van der Waals surface area contributed by atoms with Gasteiger partial charge in [-0.25, -0.2) is 4.79 Å². The first-order valence-corrected chi connectivity index (χ1v) is 17.5. The number of nitrogens with zero attached hydrogens (tertiary/aromatic N) is 1. The molecule has 9 heteroatoms. The van der Waals surface area contributed by atoms with E-state index >= 15 is 0 Å². The number of allylic oxidation sites excluding steroid dienone is 2. The molecule has 0 spiro atoms. The first-order valence-electron chi connectivity index (χ1n) is 16.6. The number of carbonyl (C=O) groups is 4. The van der Waals surface area contributed by atoms with Gasteiger partial charge in [-0.05, 0) is 104 Å². The van der Waals surface area contributed by atoms with Crippen molar-refractivity contribution in [1.82, 2.24) is 5.32 Å². The number of oxime groups is 1. The summed E-state index contributed by atoms with van der Waals surface area (Å²) in [7, 11) is 0. The molecule has 0 aromatic rings. The number of thioether (sulfide) groups is 1. The van der Waals surface area contributed by atoms with E-state index in [0.717, 1.165) is 81.7 Å². The number of fused-ring (bicyclic) bond motifs is 7. The summed E-state index contributed by atoms with van der Waals surface area (Å²) in [4.78, 5) is 54.2. The van der Waals surface area contributed by atoms with Crippen LogP contribution in [-0.4, -0.2) is 39.2 Å². The van der Waals surface area contributed by atoms with E-state index in [1.165, 1.54) is 5.57 Å². The minimum Gasteiger partial charge on any atom is -0.481 e. The Morgan fingerprint density at radius 3 is 2.36 bits per heavy atom. The summed E-state index contributed by atoms with van der Waals surface area (Å²) in [6, 6.07) is 0. The lowest BCUT2D eigenvalue weighted by Gasteiger charge is -2.70. The molecule has 0 bridgehead atoms. The molecule has 5 fully saturated rings. The molecule has 1 aliphatic heterocycles. The van der Waals surface area contributed by atoms with E-state index in [1.807, 2.05) is 0 Å². The van der Waals surface area contributed by atoms with Crippen molar-refractivity contribution in [3.63, 3.8) is 0 Å². The van der Waals surface area contributed by atoms with Crippen molar-refractivity contribution in [1.29, 1.82) is 0 Å². The zero-order valence-electron chi connectivity index (χ0n) is 27.5. The number of carbonyl (C=O) groups excluding carboxylic acids is 3. The molecular weight excluding hydrogens is 576 g/mol. The van der Waals surface area contributed by atoms with Crippen molar-refractivity contribution in [2.75, 3.05) is 0 Å². The zero-order chi connectivity index (χ0) is 32.1.